The van der Waals surface area contributed by atoms with E-state index in [2.05, 4.69) is 22.0 Å². The summed E-state index contributed by atoms with van der Waals surface area (Å²) in [5.41, 5.74) is 1.42. The summed E-state index contributed by atoms with van der Waals surface area (Å²) in [6, 6.07) is 14.0. The second-order valence-electron chi connectivity index (χ2n) is 8.56. The van der Waals surface area contributed by atoms with Crippen molar-refractivity contribution in [3.8, 4) is 0 Å². The van der Waals surface area contributed by atoms with Crippen molar-refractivity contribution >= 4 is 38.6 Å². The topological polar surface area (TPSA) is 69.6 Å². The van der Waals surface area contributed by atoms with E-state index in [4.69, 9.17) is 4.98 Å². The number of pyridine rings is 1. The summed E-state index contributed by atoms with van der Waals surface area (Å²) in [5, 5.41) is 0.971. The maximum absolute atomic E-state index is 13.9. The average molecular weight is 450 g/mol. The zero-order valence-corrected chi connectivity index (χ0v) is 19.1. The molecule has 0 radical (unpaired) electrons. The summed E-state index contributed by atoms with van der Waals surface area (Å²) in [4.78, 5) is 42.0. The Hall–Kier alpha value is -3.00. The maximum atomic E-state index is 13.9. The van der Waals surface area contributed by atoms with Gasteiger partial charge in [-0.3, -0.25) is 9.59 Å². The molecule has 2 saturated heterocycles. The van der Waals surface area contributed by atoms with E-state index in [0.717, 1.165) is 34.1 Å². The van der Waals surface area contributed by atoms with Crippen LogP contribution in [0, 0.1) is 0 Å². The Kier molecular flexibility index (Phi) is 5.55. The number of nitrogens with zero attached hydrogens (tertiary/aromatic N) is 5. The van der Waals surface area contributed by atoms with Crippen molar-refractivity contribution < 1.29 is 9.59 Å². The lowest BCUT2D eigenvalue weighted by Crippen LogP contribution is -2.57. The number of piperidine rings is 1. The number of hydrogen-bond donors (Lipinski definition) is 0. The van der Waals surface area contributed by atoms with Gasteiger partial charge in [0, 0.05) is 52.4 Å². The van der Waals surface area contributed by atoms with Gasteiger partial charge in [0.05, 0.1) is 5.41 Å². The van der Waals surface area contributed by atoms with Gasteiger partial charge in [0.1, 0.15) is 10.3 Å². The first kappa shape index (κ1) is 20.9. The lowest BCUT2D eigenvalue weighted by Gasteiger charge is -2.45. The molecule has 0 atom stereocenters. The number of hydrogen-bond acceptors (Lipinski definition) is 6. The quantitative estimate of drug-likeness (QED) is 0.615. The molecule has 2 amide bonds. The Morgan fingerprint density at radius 2 is 1.62 bits per heavy atom. The first-order chi connectivity index (χ1) is 15.6. The van der Waals surface area contributed by atoms with E-state index in [9.17, 15) is 9.59 Å². The number of amides is 2. The lowest BCUT2D eigenvalue weighted by atomic mass is 9.71. The molecular formula is C24H27N5O2S. The normalized spacial score (nSPS) is 18.7. The van der Waals surface area contributed by atoms with Crippen LogP contribution in [0.4, 0.5) is 5.13 Å². The third-order valence-corrected chi connectivity index (χ3v) is 7.83. The van der Waals surface area contributed by atoms with Crippen molar-refractivity contribution in [1.82, 2.24) is 19.8 Å². The summed E-state index contributed by atoms with van der Waals surface area (Å²) in [7, 11) is 0. The van der Waals surface area contributed by atoms with Gasteiger partial charge in [-0.1, -0.05) is 41.7 Å². The molecule has 32 heavy (non-hydrogen) atoms. The fraction of sp³-hybridized carbons (Fsp3) is 0.417. The summed E-state index contributed by atoms with van der Waals surface area (Å²) in [5.74, 6) is 0.274. The standard InChI is InChI=1S/C24H27N5O2S/c1-18(30)27-12-9-24(10-13-27,19-6-3-2-4-7-19)22(31)28-14-16-29(17-15-28)23-26-20-8-5-11-25-21(20)32-23/h2-8,11H,9-10,12-17H2,1H3. The average Bonchev–Trinajstić information content (AvgIpc) is 3.28. The number of anilines is 1. The Morgan fingerprint density at radius 3 is 2.28 bits per heavy atom. The van der Waals surface area contributed by atoms with Crippen LogP contribution >= 0.6 is 11.3 Å². The van der Waals surface area contributed by atoms with Crippen LogP contribution < -0.4 is 4.90 Å². The molecule has 4 heterocycles. The molecular weight excluding hydrogens is 422 g/mol. The molecule has 2 aromatic heterocycles. The number of likely N-dealkylation sites (tertiary alicyclic amines) is 1. The smallest absolute Gasteiger partial charge is 0.233 e. The molecule has 3 aromatic rings. The lowest BCUT2D eigenvalue weighted by molar-refractivity contribution is -0.142. The molecule has 2 aliphatic heterocycles. The number of benzene rings is 1. The molecule has 0 spiro atoms. The third kappa shape index (κ3) is 3.72. The van der Waals surface area contributed by atoms with Gasteiger partial charge >= 0.3 is 0 Å². The highest BCUT2D eigenvalue weighted by molar-refractivity contribution is 7.21. The Labute approximate surface area is 191 Å². The van der Waals surface area contributed by atoms with Gasteiger partial charge in [0.15, 0.2) is 5.13 Å². The largest absolute Gasteiger partial charge is 0.344 e. The first-order valence-corrected chi connectivity index (χ1v) is 12.0. The molecule has 2 aliphatic rings. The van der Waals surface area contributed by atoms with Crippen LogP contribution in [-0.2, 0) is 15.0 Å². The van der Waals surface area contributed by atoms with E-state index < -0.39 is 5.41 Å². The van der Waals surface area contributed by atoms with Crippen LogP contribution in [-0.4, -0.2) is 70.9 Å². The van der Waals surface area contributed by atoms with E-state index >= 15 is 0 Å². The molecule has 8 heteroatoms. The van der Waals surface area contributed by atoms with E-state index in [-0.39, 0.29) is 11.8 Å². The Balaban J connectivity index is 1.33. The van der Waals surface area contributed by atoms with Gasteiger partial charge in [0.2, 0.25) is 11.8 Å². The predicted molar refractivity (Wildman–Crippen MR) is 126 cm³/mol. The number of carbonyl (C=O) groups excluding carboxylic acids is 2. The van der Waals surface area contributed by atoms with Gasteiger partial charge in [-0.15, -0.1) is 0 Å². The minimum atomic E-state index is -0.560. The first-order valence-electron chi connectivity index (χ1n) is 11.1. The van der Waals surface area contributed by atoms with Gasteiger partial charge in [0.25, 0.3) is 0 Å². The van der Waals surface area contributed by atoms with Crippen molar-refractivity contribution in [3.63, 3.8) is 0 Å². The maximum Gasteiger partial charge on any atom is 0.233 e. The zero-order valence-electron chi connectivity index (χ0n) is 18.2. The van der Waals surface area contributed by atoms with Crippen LogP contribution in [0.3, 0.4) is 0 Å². The summed E-state index contributed by atoms with van der Waals surface area (Å²) >= 11 is 1.60. The van der Waals surface area contributed by atoms with Gasteiger partial charge in [-0.2, -0.15) is 0 Å². The second kappa shape index (κ2) is 8.50. The van der Waals surface area contributed by atoms with Crippen LogP contribution in [0.2, 0.25) is 0 Å². The number of thiazole rings is 1. The fourth-order valence-corrected chi connectivity index (χ4v) is 5.84. The number of rotatable bonds is 3. The monoisotopic (exact) mass is 449 g/mol. The van der Waals surface area contributed by atoms with Crippen LogP contribution in [0.5, 0.6) is 0 Å². The van der Waals surface area contributed by atoms with Gasteiger partial charge in [-0.05, 0) is 30.5 Å². The molecule has 2 fully saturated rings. The Morgan fingerprint density at radius 1 is 0.906 bits per heavy atom. The minimum Gasteiger partial charge on any atom is -0.344 e. The molecule has 0 bridgehead atoms. The molecule has 0 N–H and O–H groups in total. The van der Waals surface area contributed by atoms with Crippen molar-refractivity contribution in [1.29, 1.82) is 0 Å². The number of carbonyl (C=O) groups is 2. The SMILES string of the molecule is CC(=O)N1CCC(C(=O)N2CCN(c3nc4cccnc4s3)CC2)(c2ccccc2)CC1. The summed E-state index contributed by atoms with van der Waals surface area (Å²) in [6.07, 6.45) is 3.12. The molecule has 0 unspecified atom stereocenters. The van der Waals surface area contributed by atoms with Crippen LogP contribution in [0.15, 0.2) is 48.7 Å². The minimum absolute atomic E-state index is 0.0815. The highest BCUT2D eigenvalue weighted by Gasteiger charge is 2.45. The second-order valence-corrected chi connectivity index (χ2v) is 9.51. The van der Waals surface area contributed by atoms with E-state index in [1.165, 1.54) is 0 Å². The van der Waals surface area contributed by atoms with Crippen LogP contribution in [0.25, 0.3) is 10.3 Å². The van der Waals surface area contributed by atoms with Crippen molar-refractivity contribution in [2.75, 3.05) is 44.2 Å². The molecule has 0 aliphatic carbocycles. The summed E-state index contributed by atoms with van der Waals surface area (Å²) in [6.45, 7) is 5.71. The summed E-state index contributed by atoms with van der Waals surface area (Å²) < 4.78 is 0. The van der Waals surface area contributed by atoms with Crippen molar-refractivity contribution in [2.45, 2.75) is 25.2 Å². The predicted octanol–water partition coefficient (Wildman–Crippen LogP) is 2.92. The van der Waals surface area contributed by atoms with E-state index in [1.807, 2.05) is 40.1 Å². The number of aromatic nitrogens is 2. The van der Waals surface area contributed by atoms with Gasteiger partial charge < -0.3 is 14.7 Å². The van der Waals surface area contributed by atoms with E-state index in [0.29, 0.717) is 39.0 Å². The zero-order chi connectivity index (χ0) is 22.1. The fourth-order valence-electron chi connectivity index (χ4n) is 4.88. The Bertz CT molecular complexity index is 1080. The van der Waals surface area contributed by atoms with Crippen LogP contribution in [0.1, 0.15) is 25.3 Å². The molecule has 7 nitrogen and oxygen atoms in total. The molecule has 5 rings (SSSR count). The molecule has 166 valence electrons. The molecule has 1 aromatic carbocycles. The third-order valence-electron chi connectivity index (χ3n) is 6.79. The van der Waals surface area contributed by atoms with Crippen molar-refractivity contribution in [2.24, 2.45) is 0 Å². The molecule has 0 saturated carbocycles. The van der Waals surface area contributed by atoms with Crippen molar-refractivity contribution in [3.05, 3.63) is 54.2 Å². The highest BCUT2D eigenvalue weighted by atomic mass is 32.1. The number of fused-ring (bicyclic) bond motifs is 1. The van der Waals surface area contributed by atoms with E-state index in [1.54, 1.807) is 24.5 Å². The number of piperazine rings is 1. The van der Waals surface area contributed by atoms with Gasteiger partial charge in [-0.25, -0.2) is 9.97 Å². The highest BCUT2D eigenvalue weighted by Crippen LogP contribution is 2.38.